The molecule has 32 valence electrons. The Bertz CT molecular complexity index is 128. The summed E-state index contributed by atoms with van der Waals surface area (Å²) in [5.74, 6) is 0. The number of hydrogen-bond donors (Lipinski definition) is 0. The minimum atomic E-state index is -4.86. The Balaban J connectivity index is 4.87. The Morgan fingerprint density at radius 1 is 1.20 bits per heavy atom. The van der Waals surface area contributed by atoms with Gasteiger partial charge in [-0.05, 0) is 0 Å². The summed E-state index contributed by atoms with van der Waals surface area (Å²) in [4.78, 5) is 0. The second-order valence-corrected chi connectivity index (χ2v) is 5.34. The van der Waals surface area contributed by atoms with Gasteiger partial charge in [0.15, 0.2) is 0 Å². The van der Waals surface area contributed by atoms with E-state index in [0.29, 0.717) is 0 Å². The molecule has 0 aliphatic rings. The van der Waals surface area contributed by atoms with Crippen LogP contribution in [0.25, 0.3) is 0 Å². The fraction of sp³-hybridized carbons (Fsp3) is 1.00. The van der Waals surface area contributed by atoms with Crippen molar-refractivity contribution in [3.05, 3.63) is 0 Å². The third-order valence-corrected chi connectivity index (χ3v) is 0. The first-order valence-electron chi connectivity index (χ1n) is 0.841. The maximum absolute atomic E-state index is 9.19. The molecule has 0 atom stereocenters. The van der Waals surface area contributed by atoms with Crippen LogP contribution in [-0.2, 0) is 25.8 Å². The molecule has 0 aromatic rings. The van der Waals surface area contributed by atoms with E-state index in [1.807, 2.05) is 0 Å². The van der Waals surface area contributed by atoms with Crippen molar-refractivity contribution in [2.24, 2.45) is 0 Å². The van der Waals surface area contributed by atoms with Crippen molar-refractivity contribution in [3.8, 4) is 0 Å². The fourth-order valence-electron chi connectivity index (χ4n) is 0. The summed E-state index contributed by atoms with van der Waals surface area (Å²) < 4.78 is 27.6. The van der Waals surface area contributed by atoms with Crippen molar-refractivity contribution in [2.75, 3.05) is 0 Å². The molecule has 0 saturated carbocycles. The molecule has 0 spiro atoms. The predicted octanol–water partition coefficient (Wildman–Crippen LogP) is 0.225. The quantitative estimate of drug-likeness (QED) is 0.617. The summed E-state index contributed by atoms with van der Waals surface area (Å²) in [6.45, 7) is 0. The fourth-order valence-corrected chi connectivity index (χ4v) is 0. The average Bonchev–Trinajstić information content (AvgIpc) is 0.722. The normalized spacial score (nSPS) is 11.4. The van der Waals surface area contributed by atoms with Gasteiger partial charge in [-0.15, -0.1) is 0 Å². The van der Waals surface area contributed by atoms with E-state index in [2.05, 4.69) is 0 Å². The first-order chi connectivity index (χ1) is 2.00. The van der Waals surface area contributed by atoms with E-state index in [1.54, 1.807) is 0 Å². The molecule has 0 saturated heterocycles. The van der Waals surface area contributed by atoms with E-state index in [1.165, 1.54) is 0 Å². The molecule has 0 aliphatic heterocycles. The van der Waals surface area contributed by atoms with Gasteiger partial charge in [-0.25, -0.2) is 0 Å². The molecule has 0 rings (SSSR count). The SMILES string of the molecule is [CH3][Re](=[O])(=[O])=[O]. The predicted molar refractivity (Wildman–Crippen MR) is 7.92 cm³/mol. The molecular formula is CH3O3Re. The van der Waals surface area contributed by atoms with Crippen LogP contribution < -0.4 is 0 Å². The Morgan fingerprint density at radius 2 is 1.20 bits per heavy atom. The Morgan fingerprint density at radius 3 is 1.20 bits per heavy atom. The molecule has 0 aromatic heterocycles. The van der Waals surface area contributed by atoms with Gasteiger partial charge in [-0.1, -0.05) is 0 Å². The molecule has 0 radical (unpaired) electrons. The Kier molecular flexibility index (Phi) is 1.05. The summed E-state index contributed by atoms with van der Waals surface area (Å²) in [6, 6.07) is 0. The van der Waals surface area contributed by atoms with Crippen molar-refractivity contribution in [2.45, 2.75) is 5.40 Å². The van der Waals surface area contributed by atoms with Gasteiger partial charge in [-0.2, -0.15) is 0 Å². The van der Waals surface area contributed by atoms with Gasteiger partial charge in [0, 0.05) is 0 Å². The second-order valence-electron chi connectivity index (χ2n) is 0.652. The van der Waals surface area contributed by atoms with Gasteiger partial charge in [0.25, 0.3) is 0 Å². The molecular weight excluding hydrogens is 246 g/mol. The van der Waals surface area contributed by atoms with E-state index in [4.69, 9.17) is 0 Å². The summed E-state index contributed by atoms with van der Waals surface area (Å²) in [6.07, 6.45) is 0. The van der Waals surface area contributed by atoms with E-state index in [0.717, 1.165) is 5.40 Å². The standard InChI is InChI=1S/CH3.3O.Re/h1H3;;;;. The molecule has 3 nitrogen and oxygen atoms in total. The summed E-state index contributed by atoms with van der Waals surface area (Å²) in [5.41, 5.74) is 0. The third kappa shape index (κ3) is 4450. The van der Waals surface area contributed by atoms with E-state index in [-0.39, 0.29) is 0 Å². The summed E-state index contributed by atoms with van der Waals surface area (Å²) in [7, 11) is 0. The van der Waals surface area contributed by atoms with E-state index in [9.17, 15) is 10.4 Å². The molecule has 0 aliphatic carbocycles. The van der Waals surface area contributed by atoms with Crippen molar-refractivity contribution in [1.29, 1.82) is 0 Å². The van der Waals surface area contributed by atoms with E-state index < -0.39 is 15.4 Å². The zero-order chi connectivity index (χ0) is 4.50. The molecule has 0 fully saturated rings. The van der Waals surface area contributed by atoms with Crippen LogP contribution >= 0.6 is 0 Å². The van der Waals surface area contributed by atoms with Crippen LogP contribution in [0.2, 0.25) is 5.40 Å². The van der Waals surface area contributed by atoms with Crippen LogP contribution in [0.1, 0.15) is 0 Å². The van der Waals surface area contributed by atoms with Gasteiger partial charge in [-0.3, -0.25) is 0 Å². The van der Waals surface area contributed by atoms with Gasteiger partial charge in [0.2, 0.25) is 0 Å². The van der Waals surface area contributed by atoms with Crippen molar-refractivity contribution in [1.82, 2.24) is 0 Å². The van der Waals surface area contributed by atoms with Crippen molar-refractivity contribution >= 4 is 0 Å². The Hall–Kier alpha value is 0.0623. The maximum atomic E-state index is 9.19. The van der Waals surface area contributed by atoms with Gasteiger partial charge in [0.1, 0.15) is 0 Å². The zero-order valence-electron chi connectivity index (χ0n) is 2.60. The zero-order valence-corrected chi connectivity index (χ0v) is 5.32. The molecule has 0 amide bonds. The van der Waals surface area contributed by atoms with Crippen molar-refractivity contribution < 1.29 is 25.8 Å². The average molecular weight is 249 g/mol. The topological polar surface area (TPSA) is 51.2 Å². The second kappa shape index (κ2) is 1.04. The number of rotatable bonds is 0. The van der Waals surface area contributed by atoms with Crippen LogP contribution in [0.15, 0.2) is 0 Å². The Labute approximate surface area is 31.9 Å². The first kappa shape index (κ1) is 5.06. The number of hydrogen-bond acceptors (Lipinski definition) is 3. The van der Waals surface area contributed by atoms with Crippen LogP contribution in [0.4, 0.5) is 0 Å². The van der Waals surface area contributed by atoms with Crippen LogP contribution in [-0.4, -0.2) is 0 Å². The van der Waals surface area contributed by atoms with Crippen molar-refractivity contribution in [3.63, 3.8) is 0 Å². The third-order valence-electron chi connectivity index (χ3n) is 0. The van der Waals surface area contributed by atoms with Crippen LogP contribution in [0, 0.1) is 0 Å². The summed E-state index contributed by atoms with van der Waals surface area (Å²) >= 11 is -4.86. The molecule has 0 bridgehead atoms. The minimum absolute atomic E-state index is 0.722. The molecule has 0 aromatic carbocycles. The monoisotopic (exact) mass is 250 g/mol. The van der Waals surface area contributed by atoms with Crippen LogP contribution in [0.5, 0.6) is 0 Å². The molecule has 0 unspecified atom stereocenters. The molecule has 5 heavy (non-hydrogen) atoms. The molecule has 0 N–H and O–H groups in total. The van der Waals surface area contributed by atoms with Gasteiger partial charge < -0.3 is 0 Å². The van der Waals surface area contributed by atoms with E-state index >= 15 is 0 Å². The molecule has 0 heterocycles. The molecule has 4 heteroatoms. The summed E-state index contributed by atoms with van der Waals surface area (Å²) in [5, 5.41) is 0.722. The van der Waals surface area contributed by atoms with Crippen LogP contribution in [0.3, 0.4) is 0 Å². The first-order valence-corrected chi connectivity index (χ1v) is 6.88. The van der Waals surface area contributed by atoms with Gasteiger partial charge >= 0.3 is 31.2 Å². The van der Waals surface area contributed by atoms with Gasteiger partial charge in [0.05, 0.1) is 0 Å².